The number of benzene rings is 3. The molecule has 0 spiro atoms. The molecule has 1 saturated heterocycles. The highest BCUT2D eigenvalue weighted by molar-refractivity contribution is 6.46. The van der Waals surface area contributed by atoms with Crippen LogP contribution in [0.5, 0.6) is 0 Å². The Labute approximate surface area is 185 Å². The molecule has 156 valence electrons. The number of aliphatic hydroxyl groups is 1. The van der Waals surface area contributed by atoms with Gasteiger partial charge in [-0.25, -0.2) is 0 Å². The molecule has 1 aromatic heterocycles. The standard InChI is InChI=1S/C27H20N2O3/c30-25(21-14-13-18-8-4-5-11-20(18)16-21)23-24(19-9-2-1-3-10-19)29(27(32)26(23)31)17-22-12-6-7-15-28-22/h1-16,24,30H,17H2/b25-23-. The molecule has 5 heteroatoms. The Morgan fingerprint density at radius 2 is 1.56 bits per heavy atom. The molecule has 2 heterocycles. The molecule has 1 aliphatic rings. The number of fused-ring (bicyclic) bond motifs is 1. The summed E-state index contributed by atoms with van der Waals surface area (Å²) in [6.07, 6.45) is 1.65. The minimum Gasteiger partial charge on any atom is -0.507 e. The van der Waals surface area contributed by atoms with Crippen molar-refractivity contribution in [2.45, 2.75) is 12.6 Å². The van der Waals surface area contributed by atoms with Crippen molar-refractivity contribution in [3.63, 3.8) is 0 Å². The number of amides is 1. The number of nitrogens with zero attached hydrogens (tertiary/aromatic N) is 2. The average molecular weight is 420 g/mol. The Morgan fingerprint density at radius 3 is 2.31 bits per heavy atom. The predicted molar refractivity (Wildman–Crippen MR) is 122 cm³/mol. The lowest BCUT2D eigenvalue weighted by Gasteiger charge is -2.25. The smallest absolute Gasteiger partial charge is 0.296 e. The van der Waals surface area contributed by atoms with E-state index < -0.39 is 17.7 Å². The fraction of sp³-hybridized carbons (Fsp3) is 0.0741. The van der Waals surface area contributed by atoms with E-state index in [4.69, 9.17) is 0 Å². The fourth-order valence-corrected chi connectivity index (χ4v) is 4.18. The molecular formula is C27H20N2O3. The third-order valence-corrected chi connectivity index (χ3v) is 5.74. The molecule has 1 amide bonds. The van der Waals surface area contributed by atoms with Crippen molar-refractivity contribution in [2.24, 2.45) is 0 Å². The Kier molecular flexibility index (Phi) is 5.00. The monoisotopic (exact) mass is 420 g/mol. The molecule has 1 atom stereocenters. The Morgan fingerprint density at radius 1 is 0.844 bits per heavy atom. The van der Waals surface area contributed by atoms with E-state index in [1.807, 2.05) is 78.9 Å². The van der Waals surface area contributed by atoms with Gasteiger partial charge in [0.2, 0.25) is 0 Å². The number of carbonyl (C=O) groups is 2. The second kappa shape index (κ2) is 8.12. The second-order valence-electron chi connectivity index (χ2n) is 7.72. The molecule has 0 aliphatic carbocycles. The van der Waals surface area contributed by atoms with E-state index in [1.54, 1.807) is 18.3 Å². The molecule has 1 fully saturated rings. The highest BCUT2D eigenvalue weighted by atomic mass is 16.3. The number of hydrogen-bond donors (Lipinski definition) is 1. The number of likely N-dealkylation sites (tertiary alicyclic amines) is 1. The van der Waals surface area contributed by atoms with Gasteiger partial charge in [-0.05, 0) is 34.5 Å². The molecule has 1 N–H and O–H groups in total. The van der Waals surface area contributed by atoms with Crippen molar-refractivity contribution in [3.05, 3.63) is 120 Å². The van der Waals surface area contributed by atoms with Gasteiger partial charge in [-0.1, -0.05) is 72.8 Å². The van der Waals surface area contributed by atoms with E-state index >= 15 is 0 Å². The van der Waals surface area contributed by atoms with Crippen molar-refractivity contribution < 1.29 is 14.7 Å². The van der Waals surface area contributed by atoms with Crippen molar-refractivity contribution in [1.29, 1.82) is 0 Å². The minimum absolute atomic E-state index is 0.0902. The summed E-state index contributed by atoms with van der Waals surface area (Å²) in [5.41, 5.74) is 2.01. The largest absolute Gasteiger partial charge is 0.507 e. The normalized spacial score (nSPS) is 17.8. The van der Waals surface area contributed by atoms with Crippen molar-refractivity contribution in [3.8, 4) is 0 Å². The van der Waals surface area contributed by atoms with Crippen LogP contribution in [0.15, 0.2) is 103 Å². The van der Waals surface area contributed by atoms with Crippen LogP contribution in [0.2, 0.25) is 0 Å². The molecule has 4 aromatic rings. The van der Waals surface area contributed by atoms with Crippen LogP contribution < -0.4 is 0 Å². The third kappa shape index (κ3) is 3.44. The highest BCUT2D eigenvalue weighted by Crippen LogP contribution is 2.40. The van der Waals surface area contributed by atoms with Gasteiger partial charge in [0.05, 0.1) is 23.9 Å². The molecule has 5 nitrogen and oxygen atoms in total. The van der Waals surface area contributed by atoms with Crippen molar-refractivity contribution in [1.82, 2.24) is 9.88 Å². The summed E-state index contributed by atoms with van der Waals surface area (Å²) in [5, 5.41) is 13.2. The van der Waals surface area contributed by atoms with E-state index in [0.29, 0.717) is 11.3 Å². The molecule has 32 heavy (non-hydrogen) atoms. The number of aromatic nitrogens is 1. The average Bonchev–Trinajstić information content (AvgIpc) is 3.09. The number of aliphatic hydroxyl groups excluding tert-OH is 1. The number of Topliss-reactive ketones (excluding diaryl/α,β-unsaturated/α-hetero) is 1. The summed E-state index contributed by atoms with van der Waals surface area (Å²) >= 11 is 0. The van der Waals surface area contributed by atoms with E-state index in [2.05, 4.69) is 4.98 Å². The first-order chi connectivity index (χ1) is 15.6. The SMILES string of the molecule is O=C1C(=O)N(Cc2ccccn2)C(c2ccccc2)/C1=C(/O)c1ccc2ccccc2c1. The molecule has 0 saturated carbocycles. The van der Waals surface area contributed by atoms with Crippen LogP contribution in [-0.4, -0.2) is 26.7 Å². The summed E-state index contributed by atoms with van der Waals surface area (Å²) in [4.78, 5) is 32.0. The number of rotatable bonds is 4. The molecular weight excluding hydrogens is 400 g/mol. The third-order valence-electron chi connectivity index (χ3n) is 5.74. The van der Waals surface area contributed by atoms with Gasteiger partial charge < -0.3 is 10.0 Å². The Balaban J connectivity index is 1.66. The van der Waals surface area contributed by atoms with Gasteiger partial charge in [0.15, 0.2) is 0 Å². The molecule has 1 aliphatic heterocycles. The number of carbonyl (C=O) groups excluding carboxylic acids is 2. The lowest BCUT2D eigenvalue weighted by atomic mass is 9.94. The summed E-state index contributed by atoms with van der Waals surface area (Å²) < 4.78 is 0. The van der Waals surface area contributed by atoms with Crippen LogP contribution in [0.25, 0.3) is 16.5 Å². The zero-order valence-electron chi connectivity index (χ0n) is 17.2. The predicted octanol–water partition coefficient (Wildman–Crippen LogP) is 4.86. The van der Waals surface area contributed by atoms with Crippen LogP contribution in [0.1, 0.15) is 22.9 Å². The van der Waals surface area contributed by atoms with Crippen LogP contribution >= 0.6 is 0 Å². The summed E-state index contributed by atoms with van der Waals surface area (Å²) in [7, 11) is 0. The molecule has 0 radical (unpaired) electrons. The summed E-state index contributed by atoms with van der Waals surface area (Å²) in [5.74, 6) is -1.52. The maximum absolute atomic E-state index is 13.1. The highest BCUT2D eigenvalue weighted by Gasteiger charge is 2.46. The van der Waals surface area contributed by atoms with Gasteiger partial charge in [-0.15, -0.1) is 0 Å². The number of pyridine rings is 1. The maximum Gasteiger partial charge on any atom is 0.296 e. The molecule has 1 unspecified atom stereocenters. The first kappa shape index (κ1) is 19.7. The van der Waals surface area contributed by atoms with E-state index in [9.17, 15) is 14.7 Å². The van der Waals surface area contributed by atoms with Crippen molar-refractivity contribution in [2.75, 3.05) is 0 Å². The van der Waals surface area contributed by atoms with Gasteiger partial charge in [0, 0.05) is 11.8 Å². The Hall–Kier alpha value is -4.25. The van der Waals surface area contributed by atoms with Crippen molar-refractivity contribution >= 4 is 28.2 Å². The van der Waals surface area contributed by atoms with Gasteiger partial charge in [0.1, 0.15) is 5.76 Å². The molecule has 0 bridgehead atoms. The maximum atomic E-state index is 13.1. The van der Waals surface area contributed by atoms with Gasteiger partial charge in [-0.2, -0.15) is 0 Å². The van der Waals surface area contributed by atoms with E-state index in [-0.39, 0.29) is 17.9 Å². The lowest BCUT2D eigenvalue weighted by Crippen LogP contribution is -2.29. The zero-order valence-corrected chi connectivity index (χ0v) is 17.2. The topological polar surface area (TPSA) is 70.5 Å². The van der Waals surface area contributed by atoms with Crippen LogP contribution in [-0.2, 0) is 16.1 Å². The fourth-order valence-electron chi connectivity index (χ4n) is 4.18. The van der Waals surface area contributed by atoms with E-state index in [0.717, 1.165) is 16.3 Å². The van der Waals surface area contributed by atoms with Crippen LogP contribution in [0.4, 0.5) is 0 Å². The minimum atomic E-state index is -0.704. The van der Waals surface area contributed by atoms with E-state index in [1.165, 1.54) is 4.90 Å². The number of hydrogen-bond acceptors (Lipinski definition) is 4. The number of ketones is 1. The summed E-state index contributed by atoms with van der Waals surface area (Å²) in [6, 6.07) is 27.3. The lowest BCUT2D eigenvalue weighted by molar-refractivity contribution is -0.140. The van der Waals surface area contributed by atoms with Crippen LogP contribution in [0, 0.1) is 0 Å². The first-order valence-electron chi connectivity index (χ1n) is 10.4. The summed E-state index contributed by atoms with van der Waals surface area (Å²) in [6.45, 7) is 0.166. The zero-order chi connectivity index (χ0) is 22.1. The quantitative estimate of drug-likeness (QED) is 0.291. The van der Waals surface area contributed by atoms with Gasteiger partial charge >= 0.3 is 0 Å². The Bertz CT molecular complexity index is 1350. The molecule has 3 aromatic carbocycles. The van der Waals surface area contributed by atoms with Gasteiger partial charge in [-0.3, -0.25) is 14.6 Å². The van der Waals surface area contributed by atoms with Crippen LogP contribution in [0.3, 0.4) is 0 Å². The molecule has 5 rings (SSSR count). The second-order valence-corrected chi connectivity index (χ2v) is 7.72. The first-order valence-corrected chi connectivity index (χ1v) is 10.4. The van der Waals surface area contributed by atoms with Gasteiger partial charge in [0.25, 0.3) is 11.7 Å².